The van der Waals surface area contributed by atoms with E-state index in [2.05, 4.69) is 25.1 Å². The van der Waals surface area contributed by atoms with Crippen LogP contribution in [0.2, 0.25) is 0 Å². The van der Waals surface area contributed by atoms with E-state index in [4.69, 9.17) is 4.98 Å². The molecule has 1 aromatic heterocycles. The SMILES string of the molecule is CCCCc1nc(C)n(CCO)c(=O)c1CC1=CC=C(c2ccccc2C#N)CC1. The van der Waals surface area contributed by atoms with E-state index in [0.717, 1.165) is 54.5 Å². The number of unbranched alkanes of at least 4 members (excludes halogenated alkanes) is 1. The number of nitrogens with zero attached hydrogens (tertiary/aromatic N) is 3. The van der Waals surface area contributed by atoms with E-state index in [0.29, 0.717) is 17.8 Å². The van der Waals surface area contributed by atoms with Crippen molar-refractivity contribution >= 4 is 5.57 Å². The van der Waals surface area contributed by atoms with Crippen LogP contribution in [-0.4, -0.2) is 21.3 Å². The highest BCUT2D eigenvalue weighted by Gasteiger charge is 2.18. The summed E-state index contributed by atoms with van der Waals surface area (Å²) in [5.74, 6) is 0.664. The van der Waals surface area contributed by atoms with Crippen LogP contribution in [-0.2, 0) is 19.4 Å². The standard InChI is InChI=1S/C25H29N3O2/c1-3-4-9-24-23(25(30)28(14-15-29)18(2)27-24)16-19-10-12-20(13-11-19)22-8-6-5-7-21(22)17-26/h5-8,10,12,29H,3-4,9,11,13-16H2,1-2H3. The Balaban J connectivity index is 1.93. The molecule has 156 valence electrons. The van der Waals surface area contributed by atoms with E-state index in [9.17, 15) is 15.2 Å². The van der Waals surface area contributed by atoms with Crippen molar-refractivity contribution in [3.63, 3.8) is 0 Å². The van der Waals surface area contributed by atoms with Gasteiger partial charge in [0.25, 0.3) is 5.56 Å². The Labute approximate surface area is 178 Å². The van der Waals surface area contributed by atoms with Crippen LogP contribution in [0, 0.1) is 18.3 Å². The number of hydrogen-bond donors (Lipinski definition) is 1. The molecule has 1 aliphatic carbocycles. The minimum Gasteiger partial charge on any atom is -0.395 e. The van der Waals surface area contributed by atoms with Gasteiger partial charge in [-0.15, -0.1) is 0 Å². The number of hydrogen-bond acceptors (Lipinski definition) is 4. The smallest absolute Gasteiger partial charge is 0.257 e. The van der Waals surface area contributed by atoms with Crippen molar-refractivity contribution < 1.29 is 5.11 Å². The highest BCUT2D eigenvalue weighted by molar-refractivity contribution is 5.73. The summed E-state index contributed by atoms with van der Waals surface area (Å²) in [5.41, 5.74) is 5.64. The van der Waals surface area contributed by atoms with Crippen molar-refractivity contribution in [2.45, 2.75) is 58.9 Å². The van der Waals surface area contributed by atoms with Crippen molar-refractivity contribution in [1.82, 2.24) is 9.55 Å². The average Bonchev–Trinajstić information content (AvgIpc) is 2.77. The molecule has 1 heterocycles. The van der Waals surface area contributed by atoms with Crippen LogP contribution in [0.15, 0.2) is 46.8 Å². The second-order valence-corrected chi connectivity index (χ2v) is 7.72. The van der Waals surface area contributed by atoms with Crippen LogP contribution in [0.25, 0.3) is 5.57 Å². The minimum absolute atomic E-state index is 0.0341. The molecule has 0 amide bonds. The lowest BCUT2D eigenvalue weighted by Crippen LogP contribution is -2.30. The second kappa shape index (κ2) is 10.2. The monoisotopic (exact) mass is 403 g/mol. The van der Waals surface area contributed by atoms with E-state index in [-0.39, 0.29) is 18.7 Å². The maximum atomic E-state index is 13.1. The fourth-order valence-electron chi connectivity index (χ4n) is 3.99. The zero-order valence-corrected chi connectivity index (χ0v) is 17.8. The molecule has 3 rings (SSSR count). The number of benzene rings is 1. The van der Waals surface area contributed by atoms with Gasteiger partial charge in [0.05, 0.1) is 30.5 Å². The first kappa shape index (κ1) is 21.7. The molecule has 0 aliphatic heterocycles. The molecule has 0 unspecified atom stereocenters. The van der Waals surface area contributed by atoms with Gasteiger partial charge >= 0.3 is 0 Å². The summed E-state index contributed by atoms with van der Waals surface area (Å²) >= 11 is 0. The van der Waals surface area contributed by atoms with Gasteiger partial charge in [-0.05, 0) is 49.8 Å². The summed E-state index contributed by atoms with van der Waals surface area (Å²) in [4.78, 5) is 17.9. The summed E-state index contributed by atoms with van der Waals surface area (Å²) in [5, 5.41) is 18.7. The summed E-state index contributed by atoms with van der Waals surface area (Å²) in [6, 6.07) is 9.94. The number of allylic oxidation sites excluding steroid dienone is 4. The third kappa shape index (κ3) is 4.77. The number of aromatic nitrogens is 2. The first-order chi connectivity index (χ1) is 14.6. The lowest BCUT2D eigenvalue weighted by molar-refractivity contribution is 0.271. The zero-order chi connectivity index (χ0) is 21.5. The summed E-state index contributed by atoms with van der Waals surface area (Å²) in [7, 11) is 0. The van der Waals surface area contributed by atoms with Crippen LogP contribution in [0.3, 0.4) is 0 Å². The average molecular weight is 404 g/mol. The van der Waals surface area contributed by atoms with Crippen LogP contribution in [0.5, 0.6) is 0 Å². The molecule has 0 saturated heterocycles. The molecule has 1 aliphatic rings. The van der Waals surface area contributed by atoms with E-state index < -0.39 is 0 Å². The summed E-state index contributed by atoms with van der Waals surface area (Å²) in [6.45, 7) is 4.16. The fourth-order valence-corrected chi connectivity index (χ4v) is 3.99. The zero-order valence-electron chi connectivity index (χ0n) is 17.8. The van der Waals surface area contributed by atoms with Crippen LogP contribution in [0.1, 0.15) is 60.8 Å². The Morgan fingerprint density at radius 3 is 2.70 bits per heavy atom. The Morgan fingerprint density at radius 2 is 2.03 bits per heavy atom. The van der Waals surface area contributed by atoms with E-state index in [1.54, 1.807) is 4.57 Å². The molecular weight excluding hydrogens is 374 g/mol. The van der Waals surface area contributed by atoms with Crippen molar-refractivity contribution in [3.8, 4) is 6.07 Å². The van der Waals surface area contributed by atoms with Gasteiger partial charge in [0.15, 0.2) is 0 Å². The van der Waals surface area contributed by atoms with Gasteiger partial charge in [-0.3, -0.25) is 9.36 Å². The molecule has 1 N–H and O–H groups in total. The third-order valence-electron chi connectivity index (χ3n) is 5.66. The van der Waals surface area contributed by atoms with Crippen molar-refractivity contribution in [2.24, 2.45) is 0 Å². The predicted molar refractivity (Wildman–Crippen MR) is 119 cm³/mol. The van der Waals surface area contributed by atoms with Gasteiger partial charge in [-0.2, -0.15) is 5.26 Å². The highest BCUT2D eigenvalue weighted by atomic mass is 16.3. The highest BCUT2D eigenvalue weighted by Crippen LogP contribution is 2.30. The van der Waals surface area contributed by atoms with Gasteiger partial charge in [-0.25, -0.2) is 4.98 Å². The Morgan fingerprint density at radius 1 is 1.23 bits per heavy atom. The van der Waals surface area contributed by atoms with E-state index in [1.807, 2.05) is 31.2 Å². The number of nitriles is 1. The second-order valence-electron chi connectivity index (χ2n) is 7.72. The fraction of sp³-hybridized carbons (Fsp3) is 0.400. The normalized spacial score (nSPS) is 13.5. The molecule has 0 atom stereocenters. The maximum Gasteiger partial charge on any atom is 0.257 e. The largest absolute Gasteiger partial charge is 0.395 e. The van der Waals surface area contributed by atoms with E-state index >= 15 is 0 Å². The van der Waals surface area contributed by atoms with Gasteiger partial charge in [0.2, 0.25) is 0 Å². The lowest BCUT2D eigenvalue weighted by atomic mass is 9.88. The molecule has 0 spiro atoms. The molecule has 30 heavy (non-hydrogen) atoms. The molecule has 5 nitrogen and oxygen atoms in total. The molecule has 0 saturated carbocycles. The first-order valence-electron chi connectivity index (χ1n) is 10.7. The van der Waals surface area contributed by atoms with Gasteiger partial charge < -0.3 is 5.11 Å². The molecular formula is C25H29N3O2. The lowest BCUT2D eigenvalue weighted by Gasteiger charge is -2.18. The topological polar surface area (TPSA) is 78.9 Å². The number of aliphatic hydroxyl groups is 1. The van der Waals surface area contributed by atoms with Crippen LogP contribution in [0.4, 0.5) is 0 Å². The Bertz CT molecular complexity index is 1070. The molecule has 1 aromatic carbocycles. The number of rotatable bonds is 8. The van der Waals surface area contributed by atoms with Crippen molar-refractivity contribution in [1.29, 1.82) is 5.26 Å². The maximum absolute atomic E-state index is 13.1. The Hall–Kier alpha value is -2.97. The van der Waals surface area contributed by atoms with Crippen LogP contribution >= 0.6 is 0 Å². The molecule has 0 radical (unpaired) electrons. The molecule has 0 fully saturated rings. The van der Waals surface area contributed by atoms with Crippen molar-refractivity contribution in [2.75, 3.05) is 6.61 Å². The summed E-state index contributed by atoms with van der Waals surface area (Å²) < 4.78 is 1.58. The number of aliphatic hydroxyl groups excluding tert-OH is 1. The molecule has 5 heteroatoms. The third-order valence-corrected chi connectivity index (χ3v) is 5.66. The van der Waals surface area contributed by atoms with Crippen LogP contribution < -0.4 is 5.56 Å². The molecule has 2 aromatic rings. The van der Waals surface area contributed by atoms with Gasteiger partial charge in [0.1, 0.15) is 5.82 Å². The predicted octanol–water partition coefficient (Wildman–Crippen LogP) is 4.10. The number of aryl methyl sites for hydroxylation is 2. The van der Waals surface area contributed by atoms with E-state index in [1.165, 1.54) is 5.57 Å². The van der Waals surface area contributed by atoms with Gasteiger partial charge in [0, 0.05) is 12.0 Å². The van der Waals surface area contributed by atoms with Gasteiger partial charge in [-0.1, -0.05) is 49.3 Å². The minimum atomic E-state index is -0.0801. The quantitative estimate of drug-likeness (QED) is 0.720. The first-order valence-corrected chi connectivity index (χ1v) is 10.7. The summed E-state index contributed by atoms with van der Waals surface area (Å²) in [6.07, 6.45) is 9.29. The molecule has 0 bridgehead atoms. The Kier molecular flexibility index (Phi) is 7.37. The van der Waals surface area contributed by atoms with Crippen molar-refractivity contribution in [3.05, 3.63) is 80.6 Å².